The number of nitro benzene ring substituents is 1. The van der Waals surface area contributed by atoms with Gasteiger partial charge in [-0.3, -0.25) is 10.1 Å². The summed E-state index contributed by atoms with van der Waals surface area (Å²) in [6.45, 7) is 0.340. The minimum absolute atomic E-state index is 0.0679. The van der Waals surface area contributed by atoms with E-state index in [2.05, 4.69) is 6.07 Å². The van der Waals surface area contributed by atoms with Gasteiger partial charge in [0.05, 0.1) is 17.6 Å². The molecular weight excluding hydrogens is 268 g/mol. The van der Waals surface area contributed by atoms with Crippen molar-refractivity contribution in [1.29, 1.82) is 5.26 Å². The van der Waals surface area contributed by atoms with E-state index in [0.717, 1.165) is 18.4 Å². The standard InChI is InChI=1S/C13H13ClN2O3/c14-8-10-1-2-11(16(17)18)12(7-10)19-9-13(3-4-13)5-6-15/h1-2,7H,3-5,8-9H2. The lowest BCUT2D eigenvalue weighted by Crippen LogP contribution is -2.13. The maximum atomic E-state index is 10.9. The van der Waals surface area contributed by atoms with Crippen LogP contribution in [-0.4, -0.2) is 11.5 Å². The van der Waals surface area contributed by atoms with Gasteiger partial charge in [-0.25, -0.2) is 0 Å². The molecule has 1 saturated carbocycles. The summed E-state index contributed by atoms with van der Waals surface area (Å²) in [7, 11) is 0. The third kappa shape index (κ3) is 3.15. The summed E-state index contributed by atoms with van der Waals surface area (Å²) in [6.07, 6.45) is 2.29. The van der Waals surface area contributed by atoms with Crippen molar-refractivity contribution in [3.8, 4) is 11.8 Å². The second-order valence-electron chi connectivity index (χ2n) is 4.82. The molecule has 0 aromatic heterocycles. The van der Waals surface area contributed by atoms with Crippen molar-refractivity contribution in [2.24, 2.45) is 5.41 Å². The molecule has 100 valence electrons. The van der Waals surface area contributed by atoms with Gasteiger partial charge in [-0.1, -0.05) is 6.07 Å². The quantitative estimate of drug-likeness (QED) is 0.454. The molecule has 0 heterocycles. The third-order valence-corrected chi connectivity index (χ3v) is 3.63. The predicted octanol–water partition coefficient (Wildman–Crippen LogP) is 3.41. The smallest absolute Gasteiger partial charge is 0.310 e. The van der Waals surface area contributed by atoms with Crippen LogP contribution in [0.3, 0.4) is 0 Å². The topological polar surface area (TPSA) is 76.2 Å². The highest BCUT2D eigenvalue weighted by molar-refractivity contribution is 6.17. The van der Waals surface area contributed by atoms with Gasteiger partial charge < -0.3 is 4.74 Å². The maximum absolute atomic E-state index is 10.9. The molecule has 5 nitrogen and oxygen atoms in total. The summed E-state index contributed by atoms with van der Waals surface area (Å²) in [5, 5.41) is 19.7. The fourth-order valence-electron chi connectivity index (χ4n) is 1.86. The van der Waals surface area contributed by atoms with Gasteiger partial charge in [0.15, 0.2) is 5.75 Å². The van der Waals surface area contributed by atoms with Crippen molar-refractivity contribution >= 4 is 17.3 Å². The number of nitrogens with zero attached hydrogens (tertiary/aromatic N) is 2. The summed E-state index contributed by atoms with van der Waals surface area (Å²) in [6, 6.07) is 6.73. The van der Waals surface area contributed by atoms with Gasteiger partial charge in [0.25, 0.3) is 0 Å². The zero-order chi connectivity index (χ0) is 13.9. The van der Waals surface area contributed by atoms with Crippen LogP contribution in [-0.2, 0) is 5.88 Å². The number of benzene rings is 1. The highest BCUT2D eigenvalue weighted by Gasteiger charge is 2.43. The van der Waals surface area contributed by atoms with E-state index in [9.17, 15) is 10.1 Å². The SMILES string of the molecule is N#CCC1(COc2cc(CCl)ccc2[N+](=O)[O-])CC1. The molecule has 0 radical (unpaired) electrons. The molecule has 0 saturated heterocycles. The minimum Gasteiger partial charge on any atom is -0.486 e. The van der Waals surface area contributed by atoms with Crippen LogP contribution >= 0.6 is 11.6 Å². The van der Waals surface area contributed by atoms with Gasteiger partial charge >= 0.3 is 5.69 Å². The summed E-state index contributed by atoms with van der Waals surface area (Å²) in [4.78, 5) is 10.5. The van der Waals surface area contributed by atoms with Crippen LogP contribution < -0.4 is 4.74 Å². The number of rotatable bonds is 6. The number of ether oxygens (including phenoxy) is 1. The zero-order valence-corrected chi connectivity index (χ0v) is 11.0. The third-order valence-electron chi connectivity index (χ3n) is 3.32. The average Bonchev–Trinajstić information content (AvgIpc) is 3.16. The lowest BCUT2D eigenvalue weighted by atomic mass is 10.1. The van der Waals surface area contributed by atoms with Gasteiger partial charge in [-0.2, -0.15) is 5.26 Å². The number of nitro groups is 1. The van der Waals surface area contributed by atoms with Crippen molar-refractivity contribution in [3.05, 3.63) is 33.9 Å². The van der Waals surface area contributed by atoms with Crippen LogP contribution in [0.5, 0.6) is 5.75 Å². The Balaban J connectivity index is 2.14. The molecule has 1 aromatic carbocycles. The number of hydrogen-bond acceptors (Lipinski definition) is 4. The Morgan fingerprint density at radius 1 is 1.53 bits per heavy atom. The Labute approximate surface area is 115 Å². The van der Waals surface area contributed by atoms with Crippen LogP contribution in [0, 0.1) is 26.9 Å². The second-order valence-corrected chi connectivity index (χ2v) is 5.08. The van der Waals surface area contributed by atoms with Crippen molar-refractivity contribution in [1.82, 2.24) is 0 Å². The van der Waals surface area contributed by atoms with Crippen molar-refractivity contribution in [2.45, 2.75) is 25.1 Å². The highest BCUT2D eigenvalue weighted by Crippen LogP contribution is 2.49. The Morgan fingerprint density at radius 2 is 2.26 bits per heavy atom. The molecule has 1 aromatic rings. The molecule has 1 aliphatic carbocycles. The van der Waals surface area contributed by atoms with Crippen LogP contribution in [0.4, 0.5) is 5.69 Å². The van der Waals surface area contributed by atoms with Crippen molar-refractivity contribution in [3.63, 3.8) is 0 Å². The molecule has 0 aliphatic heterocycles. The monoisotopic (exact) mass is 280 g/mol. The molecule has 0 spiro atoms. The molecule has 0 amide bonds. The summed E-state index contributed by atoms with van der Waals surface area (Å²) in [5.41, 5.74) is 0.591. The van der Waals surface area contributed by atoms with Gasteiger partial charge in [-0.15, -0.1) is 11.6 Å². The van der Waals surface area contributed by atoms with Crippen molar-refractivity contribution in [2.75, 3.05) is 6.61 Å². The average molecular weight is 281 g/mol. The van der Waals surface area contributed by atoms with E-state index in [1.807, 2.05) is 0 Å². The summed E-state index contributed by atoms with van der Waals surface area (Å²) in [5.74, 6) is 0.505. The fourth-order valence-corrected chi connectivity index (χ4v) is 2.02. The van der Waals surface area contributed by atoms with E-state index < -0.39 is 4.92 Å². The summed E-state index contributed by atoms with van der Waals surface area (Å²) >= 11 is 5.71. The molecule has 0 bridgehead atoms. The maximum Gasteiger partial charge on any atom is 0.310 e. The molecule has 1 fully saturated rings. The first kappa shape index (κ1) is 13.6. The Morgan fingerprint density at radius 3 is 2.79 bits per heavy atom. The van der Waals surface area contributed by atoms with Crippen molar-refractivity contribution < 1.29 is 9.66 Å². The molecule has 6 heteroatoms. The first-order valence-corrected chi connectivity index (χ1v) is 6.47. The Kier molecular flexibility index (Phi) is 3.91. The molecule has 0 N–H and O–H groups in total. The predicted molar refractivity (Wildman–Crippen MR) is 70.0 cm³/mol. The molecular formula is C13H13ClN2O3. The van der Waals surface area contributed by atoms with E-state index in [-0.39, 0.29) is 22.7 Å². The van der Waals surface area contributed by atoms with Crippen LogP contribution in [0.15, 0.2) is 18.2 Å². The first-order chi connectivity index (χ1) is 9.10. The fraction of sp³-hybridized carbons (Fsp3) is 0.462. The van der Waals surface area contributed by atoms with E-state index >= 15 is 0 Å². The Bertz CT molecular complexity index is 535. The van der Waals surface area contributed by atoms with Gasteiger partial charge in [0.2, 0.25) is 0 Å². The molecule has 2 rings (SSSR count). The molecule has 19 heavy (non-hydrogen) atoms. The van der Waals surface area contributed by atoms with Crippen LogP contribution in [0.1, 0.15) is 24.8 Å². The van der Waals surface area contributed by atoms with Crippen LogP contribution in [0.25, 0.3) is 0 Å². The number of nitriles is 1. The van der Waals surface area contributed by atoms with Gasteiger partial charge in [0, 0.05) is 23.8 Å². The zero-order valence-electron chi connectivity index (χ0n) is 10.3. The van der Waals surface area contributed by atoms with Crippen LogP contribution in [0.2, 0.25) is 0 Å². The van der Waals surface area contributed by atoms with E-state index in [4.69, 9.17) is 21.6 Å². The second kappa shape index (κ2) is 5.45. The van der Waals surface area contributed by atoms with E-state index in [1.165, 1.54) is 6.07 Å². The van der Waals surface area contributed by atoms with Gasteiger partial charge in [-0.05, 0) is 24.5 Å². The Hall–Kier alpha value is -1.80. The van der Waals surface area contributed by atoms with E-state index in [0.29, 0.717) is 13.0 Å². The normalized spacial score (nSPS) is 15.6. The largest absolute Gasteiger partial charge is 0.486 e. The lowest BCUT2D eigenvalue weighted by Gasteiger charge is -2.13. The van der Waals surface area contributed by atoms with Gasteiger partial charge in [0.1, 0.15) is 0 Å². The summed E-state index contributed by atoms with van der Waals surface area (Å²) < 4.78 is 5.57. The number of hydrogen-bond donors (Lipinski definition) is 0. The first-order valence-electron chi connectivity index (χ1n) is 5.93. The number of alkyl halides is 1. The van der Waals surface area contributed by atoms with E-state index in [1.54, 1.807) is 12.1 Å². The minimum atomic E-state index is -0.475. The molecule has 1 aliphatic rings. The molecule has 0 unspecified atom stereocenters. The number of halogens is 1. The molecule has 0 atom stereocenters. The lowest BCUT2D eigenvalue weighted by molar-refractivity contribution is -0.385. The highest BCUT2D eigenvalue weighted by atomic mass is 35.5.